The number of rotatable bonds is 1. The Morgan fingerprint density at radius 1 is 1.57 bits per heavy atom. The normalized spacial score (nSPS) is 30.6. The van der Waals surface area contributed by atoms with Crippen LogP contribution < -0.4 is 10.5 Å². The standard InChI is InChI=1S/C11H15NO2/c1-11(12)8(6-13)7-14-10-5-3-2-4-9(10)11/h2-5,8,13H,6-7,12H2,1H3. The molecule has 2 unspecified atom stereocenters. The van der Waals surface area contributed by atoms with Gasteiger partial charge in [-0.15, -0.1) is 0 Å². The quantitative estimate of drug-likeness (QED) is 0.695. The van der Waals surface area contributed by atoms with Crippen molar-refractivity contribution < 1.29 is 9.84 Å². The van der Waals surface area contributed by atoms with Gasteiger partial charge in [-0.25, -0.2) is 0 Å². The van der Waals surface area contributed by atoms with Crippen LogP contribution in [0.1, 0.15) is 12.5 Å². The van der Waals surface area contributed by atoms with E-state index in [2.05, 4.69) is 0 Å². The van der Waals surface area contributed by atoms with Crippen LogP contribution in [-0.2, 0) is 5.54 Å². The maximum absolute atomic E-state index is 9.19. The molecule has 3 heteroatoms. The van der Waals surface area contributed by atoms with Gasteiger partial charge < -0.3 is 15.6 Å². The summed E-state index contributed by atoms with van der Waals surface area (Å²) in [7, 11) is 0. The maximum Gasteiger partial charge on any atom is 0.124 e. The van der Waals surface area contributed by atoms with E-state index in [-0.39, 0.29) is 12.5 Å². The molecule has 3 nitrogen and oxygen atoms in total. The van der Waals surface area contributed by atoms with Crippen molar-refractivity contribution in [2.45, 2.75) is 12.5 Å². The summed E-state index contributed by atoms with van der Waals surface area (Å²) in [6, 6.07) is 7.73. The van der Waals surface area contributed by atoms with E-state index in [4.69, 9.17) is 10.5 Å². The first kappa shape index (κ1) is 9.49. The van der Waals surface area contributed by atoms with E-state index >= 15 is 0 Å². The lowest BCUT2D eigenvalue weighted by Crippen LogP contribution is -2.48. The van der Waals surface area contributed by atoms with Gasteiger partial charge in [0.25, 0.3) is 0 Å². The number of ether oxygens (including phenoxy) is 1. The van der Waals surface area contributed by atoms with Gasteiger partial charge in [0.05, 0.1) is 18.8 Å². The van der Waals surface area contributed by atoms with E-state index in [1.807, 2.05) is 31.2 Å². The number of aliphatic hydroxyl groups excluding tert-OH is 1. The molecule has 0 saturated carbocycles. The molecule has 1 aromatic rings. The van der Waals surface area contributed by atoms with E-state index in [0.717, 1.165) is 11.3 Å². The maximum atomic E-state index is 9.19. The number of hydrogen-bond donors (Lipinski definition) is 2. The Morgan fingerprint density at radius 2 is 2.29 bits per heavy atom. The van der Waals surface area contributed by atoms with Gasteiger partial charge in [0.2, 0.25) is 0 Å². The van der Waals surface area contributed by atoms with Crippen molar-refractivity contribution in [2.75, 3.05) is 13.2 Å². The van der Waals surface area contributed by atoms with Crippen LogP contribution in [0.25, 0.3) is 0 Å². The summed E-state index contributed by atoms with van der Waals surface area (Å²) in [5.74, 6) is 0.805. The third-order valence-electron chi connectivity index (χ3n) is 2.98. The Hall–Kier alpha value is -1.06. The Labute approximate surface area is 83.5 Å². The number of nitrogens with two attached hydrogens (primary N) is 1. The van der Waals surface area contributed by atoms with Crippen LogP contribution in [0, 0.1) is 5.92 Å². The molecule has 76 valence electrons. The van der Waals surface area contributed by atoms with Crippen molar-refractivity contribution in [2.24, 2.45) is 11.7 Å². The van der Waals surface area contributed by atoms with Crippen molar-refractivity contribution in [1.29, 1.82) is 0 Å². The second kappa shape index (κ2) is 3.26. The van der Waals surface area contributed by atoms with Crippen LogP contribution in [-0.4, -0.2) is 18.3 Å². The van der Waals surface area contributed by atoms with E-state index in [0.29, 0.717) is 6.61 Å². The molecular formula is C11H15NO2. The number of aliphatic hydroxyl groups is 1. The van der Waals surface area contributed by atoms with E-state index in [9.17, 15) is 5.11 Å². The predicted molar refractivity (Wildman–Crippen MR) is 54.1 cm³/mol. The van der Waals surface area contributed by atoms with Gasteiger partial charge >= 0.3 is 0 Å². The molecule has 2 atom stereocenters. The number of para-hydroxylation sites is 1. The summed E-state index contributed by atoms with van der Waals surface area (Å²) in [6.45, 7) is 2.48. The zero-order valence-corrected chi connectivity index (χ0v) is 8.23. The van der Waals surface area contributed by atoms with Crippen LogP contribution in [0.2, 0.25) is 0 Å². The summed E-state index contributed by atoms with van der Waals surface area (Å²) in [5, 5.41) is 9.19. The molecule has 1 aliphatic rings. The molecule has 0 radical (unpaired) electrons. The summed E-state index contributed by atoms with van der Waals surface area (Å²) < 4.78 is 5.52. The minimum Gasteiger partial charge on any atom is -0.493 e. The minimum atomic E-state index is -0.496. The SMILES string of the molecule is CC1(N)c2ccccc2OCC1CO. The molecule has 3 N–H and O–H groups in total. The predicted octanol–water partition coefficient (Wildman–Crippen LogP) is 0.861. The summed E-state index contributed by atoms with van der Waals surface area (Å²) in [5.41, 5.74) is 6.68. The third kappa shape index (κ3) is 1.29. The number of fused-ring (bicyclic) bond motifs is 1. The molecule has 0 aliphatic carbocycles. The first-order chi connectivity index (χ1) is 6.66. The fourth-order valence-corrected chi connectivity index (χ4v) is 1.86. The highest BCUT2D eigenvalue weighted by Crippen LogP contribution is 2.37. The molecule has 2 rings (SSSR count). The van der Waals surface area contributed by atoms with Crippen LogP contribution in [0.3, 0.4) is 0 Å². The molecule has 0 saturated heterocycles. The number of hydrogen-bond acceptors (Lipinski definition) is 3. The lowest BCUT2D eigenvalue weighted by Gasteiger charge is -2.38. The first-order valence-electron chi connectivity index (χ1n) is 4.78. The van der Waals surface area contributed by atoms with Crippen LogP contribution in [0.5, 0.6) is 5.75 Å². The summed E-state index contributed by atoms with van der Waals surface area (Å²) in [4.78, 5) is 0. The highest BCUT2D eigenvalue weighted by molar-refractivity contribution is 5.40. The molecule has 1 heterocycles. The van der Waals surface area contributed by atoms with Gasteiger partial charge in [-0.1, -0.05) is 18.2 Å². The fraction of sp³-hybridized carbons (Fsp3) is 0.455. The smallest absolute Gasteiger partial charge is 0.124 e. The van der Waals surface area contributed by atoms with E-state index in [1.165, 1.54) is 0 Å². The average Bonchev–Trinajstić information content (AvgIpc) is 2.18. The van der Waals surface area contributed by atoms with Crippen molar-refractivity contribution in [1.82, 2.24) is 0 Å². The minimum absolute atomic E-state index is 0.0302. The van der Waals surface area contributed by atoms with Gasteiger partial charge in [-0.05, 0) is 13.0 Å². The molecule has 1 aromatic carbocycles. The second-order valence-electron chi connectivity index (χ2n) is 3.97. The summed E-state index contributed by atoms with van der Waals surface area (Å²) >= 11 is 0. The Kier molecular flexibility index (Phi) is 2.21. The number of benzene rings is 1. The summed E-state index contributed by atoms with van der Waals surface area (Å²) in [6.07, 6.45) is 0. The lowest BCUT2D eigenvalue weighted by molar-refractivity contribution is 0.0834. The van der Waals surface area contributed by atoms with Crippen molar-refractivity contribution in [3.05, 3.63) is 29.8 Å². The Morgan fingerprint density at radius 3 is 3.00 bits per heavy atom. The lowest BCUT2D eigenvalue weighted by atomic mass is 9.79. The molecule has 0 bridgehead atoms. The van der Waals surface area contributed by atoms with Gasteiger partial charge in [0, 0.05) is 11.5 Å². The Balaban J connectivity index is 2.46. The largest absolute Gasteiger partial charge is 0.493 e. The topological polar surface area (TPSA) is 55.5 Å². The van der Waals surface area contributed by atoms with E-state index < -0.39 is 5.54 Å². The Bertz CT molecular complexity index is 336. The molecule has 1 aliphatic heterocycles. The van der Waals surface area contributed by atoms with Crippen LogP contribution >= 0.6 is 0 Å². The zero-order valence-electron chi connectivity index (χ0n) is 8.23. The van der Waals surface area contributed by atoms with Gasteiger partial charge in [-0.2, -0.15) is 0 Å². The highest BCUT2D eigenvalue weighted by Gasteiger charge is 2.37. The second-order valence-corrected chi connectivity index (χ2v) is 3.97. The molecule has 0 aromatic heterocycles. The van der Waals surface area contributed by atoms with Gasteiger partial charge in [0.15, 0.2) is 0 Å². The molecule has 0 amide bonds. The van der Waals surface area contributed by atoms with Gasteiger partial charge in [0.1, 0.15) is 5.75 Å². The van der Waals surface area contributed by atoms with Crippen molar-refractivity contribution in [3.63, 3.8) is 0 Å². The highest BCUT2D eigenvalue weighted by atomic mass is 16.5. The van der Waals surface area contributed by atoms with Crippen molar-refractivity contribution in [3.8, 4) is 5.75 Å². The molecule has 0 spiro atoms. The van der Waals surface area contributed by atoms with E-state index in [1.54, 1.807) is 0 Å². The fourth-order valence-electron chi connectivity index (χ4n) is 1.86. The average molecular weight is 193 g/mol. The molecule has 14 heavy (non-hydrogen) atoms. The van der Waals surface area contributed by atoms with Crippen LogP contribution in [0.15, 0.2) is 24.3 Å². The monoisotopic (exact) mass is 193 g/mol. The zero-order chi connectivity index (χ0) is 10.2. The third-order valence-corrected chi connectivity index (χ3v) is 2.98. The van der Waals surface area contributed by atoms with Crippen LogP contribution in [0.4, 0.5) is 0 Å². The first-order valence-corrected chi connectivity index (χ1v) is 4.78. The van der Waals surface area contributed by atoms with Gasteiger partial charge in [-0.3, -0.25) is 0 Å². The molecular weight excluding hydrogens is 178 g/mol. The molecule has 0 fully saturated rings. The van der Waals surface area contributed by atoms with Crippen molar-refractivity contribution >= 4 is 0 Å².